The van der Waals surface area contributed by atoms with Crippen molar-refractivity contribution in [3.8, 4) is 0 Å². The maximum Gasteiger partial charge on any atom is 0.262 e. The summed E-state index contributed by atoms with van der Waals surface area (Å²) in [6.45, 7) is 15.9. The molecule has 3 aromatic rings. The third kappa shape index (κ3) is 6.60. The first kappa shape index (κ1) is 36.4. The Labute approximate surface area is 330 Å². The average molecular weight is 777 g/mol. The number of hydrogen-bond acceptors (Lipinski definition) is 11. The number of nitrogens with one attached hydrogen (secondary N) is 2. The number of amides is 4. The van der Waals surface area contributed by atoms with Gasteiger partial charge in [-0.1, -0.05) is 17.7 Å². The fraction of sp³-hybridized carbons (Fsp3) is 0.488. The summed E-state index contributed by atoms with van der Waals surface area (Å²) in [5, 5.41) is 15.9. The molecular weight excluding hydrogens is 732 g/mol. The number of aromatic nitrogens is 2. The Morgan fingerprint density at radius 1 is 0.821 bits per heavy atom. The fourth-order valence-corrected chi connectivity index (χ4v) is 9.93. The molecule has 0 saturated carbocycles. The van der Waals surface area contributed by atoms with Gasteiger partial charge in [-0.15, -0.1) is 10.2 Å². The van der Waals surface area contributed by atoms with E-state index >= 15 is 0 Å². The number of carbonyl (C=O) groups is 4. The van der Waals surface area contributed by atoms with Gasteiger partial charge in [0.1, 0.15) is 6.04 Å². The van der Waals surface area contributed by atoms with Crippen LogP contribution in [0.5, 0.6) is 0 Å². The first-order chi connectivity index (χ1) is 27.1. The van der Waals surface area contributed by atoms with Crippen LogP contribution in [0.4, 0.5) is 28.7 Å². The van der Waals surface area contributed by atoms with Crippen molar-refractivity contribution < 1.29 is 19.2 Å². The number of benzene rings is 2. The monoisotopic (exact) mass is 776 g/mol. The summed E-state index contributed by atoms with van der Waals surface area (Å²) in [6, 6.07) is 15.5. The highest BCUT2D eigenvalue weighted by Crippen LogP contribution is 2.46. The molecule has 2 N–H and O–H groups in total. The standard InChI is InChI=1S/C41H45ClN10O4/c1-25-21-41(24-51(25)29-4-6-33(43-2)32(42)20-29)13-17-49(18-14-41)36-9-8-35(46-47-36)48-15-11-26(12-16-48)44-27-22-50(23-27)28-3-5-30-31(19-28)40(56)52(39(30)55)34-7-10-37(53)45-38(34)54/h3-6,8-9,19-20,25-27,34,44H,7,10-18,21-24H2,1H3,(H,45,53,54)/t25-,34?/m0/s1. The zero-order valence-corrected chi connectivity index (χ0v) is 32.2. The first-order valence-electron chi connectivity index (χ1n) is 19.7. The van der Waals surface area contributed by atoms with Gasteiger partial charge in [0.2, 0.25) is 17.5 Å². The van der Waals surface area contributed by atoms with Gasteiger partial charge in [-0.3, -0.25) is 29.4 Å². The number of carbonyl (C=O) groups excluding carboxylic acids is 4. The second-order valence-corrected chi connectivity index (χ2v) is 16.8. The predicted molar refractivity (Wildman–Crippen MR) is 213 cm³/mol. The smallest absolute Gasteiger partial charge is 0.262 e. The first-order valence-corrected chi connectivity index (χ1v) is 20.1. The maximum atomic E-state index is 13.3. The van der Waals surface area contributed by atoms with Crippen LogP contribution < -0.4 is 30.2 Å². The molecule has 2 aromatic carbocycles. The molecule has 1 spiro atoms. The minimum Gasteiger partial charge on any atom is -0.368 e. The molecule has 0 radical (unpaired) electrons. The molecule has 0 bridgehead atoms. The van der Waals surface area contributed by atoms with Crippen molar-refractivity contribution >= 4 is 63.9 Å². The van der Waals surface area contributed by atoms with Gasteiger partial charge in [0.25, 0.3) is 11.8 Å². The minimum atomic E-state index is -0.967. The summed E-state index contributed by atoms with van der Waals surface area (Å²) >= 11 is 6.38. The van der Waals surface area contributed by atoms with E-state index in [0.717, 1.165) is 106 Å². The molecule has 15 heteroatoms. The van der Waals surface area contributed by atoms with Crippen LogP contribution in [-0.2, 0) is 9.59 Å². The largest absolute Gasteiger partial charge is 0.368 e. The Kier molecular flexibility index (Phi) is 9.32. The van der Waals surface area contributed by atoms with Gasteiger partial charge >= 0.3 is 0 Å². The quantitative estimate of drug-likeness (QED) is 0.261. The van der Waals surface area contributed by atoms with E-state index in [9.17, 15) is 19.2 Å². The summed E-state index contributed by atoms with van der Waals surface area (Å²) in [6.07, 6.45) is 5.59. The van der Waals surface area contributed by atoms with Gasteiger partial charge in [0.05, 0.1) is 17.7 Å². The number of fused-ring (bicyclic) bond motifs is 1. The van der Waals surface area contributed by atoms with Gasteiger partial charge in [-0.25, -0.2) is 4.85 Å². The summed E-state index contributed by atoms with van der Waals surface area (Å²) in [5.41, 5.74) is 3.33. The molecule has 290 valence electrons. The number of hydrogen-bond donors (Lipinski definition) is 2. The molecule has 2 atom stereocenters. The van der Waals surface area contributed by atoms with Crippen molar-refractivity contribution in [2.75, 3.05) is 65.4 Å². The molecule has 14 nitrogen and oxygen atoms in total. The lowest BCUT2D eigenvalue weighted by atomic mass is 9.77. The van der Waals surface area contributed by atoms with Crippen molar-refractivity contribution in [1.82, 2.24) is 25.7 Å². The van der Waals surface area contributed by atoms with Crippen LogP contribution in [0.15, 0.2) is 48.5 Å². The van der Waals surface area contributed by atoms with E-state index in [4.69, 9.17) is 18.2 Å². The van der Waals surface area contributed by atoms with Crippen LogP contribution in [0.2, 0.25) is 5.02 Å². The average Bonchev–Trinajstić information content (AvgIpc) is 3.64. The van der Waals surface area contributed by atoms with Gasteiger partial charge < -0.3 is 24.9 Å². The number of halogens is 1. The third-order valence-corrected chi connectivity index (χ3v) is 13.2. The van der Waals surface area contributed by atoms with Crippen LogP contribution in [0.25, 0.3) is 4.85 Å². The van der Waals surface area contributed by atoms with E-state index in [0.29, 0.717) is 40.0 Å². The Bertz CT molecular complexity index is 2120. The SMILES string of the molecule is [C-]#[N+]c1ccc(N2CC3(CCN(c4ccc(N5CCC(NC6CN(c7ccc8c(c7)C(=O)N(C7CCC(=O)NC7=O)C8=O)C6)CC5)nn4)CC3)C[C@@H]2C)cc1Cl. The highest BCUT2D eigenvalue weighted by atomic mass is 35.5. The summed E-state index contributed by atoms with van der Waals surface area (Å²) in [4.78, 5) is 64.2. The zero-order valence-electron chi connectivity index (χ0n) is 31.4. The molecule has 5 saturated heterocycles. The molecule has 9 rings (SSSR count). The third-order valence-electron chi connectivity index (χ3n) is 12.9. The lowest BCUT2D eigenvalue weighted by molar-refractivity contribution is -0.136. The number of piperidine rings is 3. The van der Waals surface area contributed by atoms with Gasteiger partial charge in [-0.05, 0) is 93.3 Å². The van der Waals surface area contributed by atoms with E-state index in [-0.39, 0.29) is 24.2 Å². The second kappa shape index (κ2) is 14.4. The second-order valence-electron chi connectivity index (χ2n) is 16.4. The fourth-order valence-electron chi connectivity index (χ4n) is 9.72. The normalized spacial score (nSPS) is 24.1. The van der Waals surface area contributed by atoms with Gasteiger partial charge in [0.15, 0.2) is 11.6 Å². The summed E-state index contributed by atoms with van der Waals surface area (Å²) in [5.74, 6) is -0.112. The molecule has 5 fully saturated rings. The van der Waals surface area contributed by atoms with E-state index in [1.54, 1.807) is 12.1 Å². The zero-order chi connectivity index (χ0) is 38.7. The van der Waals surface area contributed by atoms with E-state index in [2.05, 4.69) is 64.3 Å². The van der Waals surface area contributed by atoms with E-state index in [1.165, 1.54) is 0 Å². The number of nitrogens with zero attached hydrogens (tertiary/aromatic N) is 8. The highest BCUT2D eigenvalue weighted by Gasteiger charge is 2.46. The van der Waals surface area contributed by atoms with Gasteiger partial charge in [0, 0.05) is 86.8 Å². The predicted octanol–water partition coefficient (Wildman–Crippen LogP) is 4.41. The Morgan fingerprint density at radius 3 is 2.16 bits per heavy atom. The number of imide groups is 2. The molecule has 1 unspecified atom stereocenters. The molecule has 6 aliphatic rings. The van der Waals surface area contributed by atoms with Crippen molar-refractivity contribution in [2.24, 2.45) is 5.41 Å². The van der Waals surface area contributed by atoms with Crippen LogP contribution in [-0.4, -0.2) is 109 Å². The summed E-state index contributed by atoms with van der Waals surface area (Å²) in [7, 11) is 0. The topological polar surface area (TPSA) is 139 Å². The van der Waals surface area contributed by atoms with Crippen molar-refractivity contribution in [3.05, 3.63) is 76.1 Å². The van der Waals surface area contributed by atoms with Crippen molar-refractivity contribution in [1.29, 1.82) is 0 Å². The lowest BCUT2D eigenvalue weighted by Gasteiger charge is -2.44. The number of rotatable bonds is 7. The lowest BCUT2D eigenvalue weighted by Crippen LogP contribution is -2.61. The van der Waals surface area contributed by atoms with E-state index < -0.39 is 23.8 Å². The molecule has 7 heterocycles. The highest BCUT2D eigenvalue weighted by molar-refractivity contribution is 6.33. The minimum absolute atomic E-state index is 0.0963. The summed E-state index contributed by atoms with van der Waals surface area (Å²) < 4.78 is 0. The molecule has 6 aliphatic heterocycles. The van der Waals surface area contributed by atoms with Crippen LogP contribution in [0.1, 0.15) is 72.6 Å². The molecule has 1 aromatic heterocycles. The Hall–Kier alpha value is -5.26. The van der Waals surface area contributed by atoms with Crippen LogP contribution in [0.3, 0.4) is 0 Å². The molecular formula is C41H45ClN10O4. The Balaban J connectivity index is 0.725. The van der Waals surface area contributed by atoms with Crippen LogP contribution in [0, 0.1) is 12.0 Å². The number of anilines is 4. The van der Waals surface area contributed by atoms with Crippen LogP contribution >= 0.6 is 11.6 Å². The maximum absolute atomic E-state index is 13.3. The van der Waals surface area contributed by atoms with Crippen molar-refractivity contribution in [2.45, 2.75) is 76.0 Å². The molecule has 56 heavy (non-hydrogen) atoms. The van der Waals surface area contributed by atoms with Crippen molar-refractivity contribution in [3.63, 3.8) is 0 Å². The Morgan fingerprint density at radius 2 is 1.50 bits per heavy atom. The van der Waals surface area contributed by atoms with Gasteiger partial charge in [-0.2, -0.15) is 0 Å². The molecule has 4 amide bonds. The van der Waals surface area contributed by atoms with E-state index in [1.807, 2.05) is 24.3 Å². The molecule has 0 aliphatic carbocycles.